The molecule has 0 saturated carbocycles. The topological polar surface area (TPSA) is 34.5 Å². The molecule has 2 heterocycles. The highest BCUT2D eigenvalue weighted by molar-refractivity contribution is 5.89. The van der Waals surface area contributed by atoms with Gasteiger partial charge in [0.05, 0.1) is 19.3 Å². The first kappa shape index (κ1) is 13.7. The Labute approximate surface area is 135 Å². The van der Waals surface area contributed by atoms with Crippen molar-refractivity contribution in [1.29, 1.82) is 0 Å². The van der Waals surface area contributed by atoms with Gasteiger partial charge in [-0.05, 0) is 53.1 Å². The van der Waals surface area contributed by atoms with E-state index in [1.807, 2.05) is 42.7 Å². The molecule has 112 valence electrons. The highest BCUT2D eigenvalue weighted by Gasteiger charge is 2.12. The molecule has 0 atom stereocenters. The van der Waals surface area contributed by atoms with Crippen molar-refractivity contribution in [3.8, 4) is 28.1 Å². The first-order chi connectivity index (χ1) is 11.3. The third-order valence-corrected chi connectivity index (χ3v) is 4.12. The Bertz CT molecular complexity index is 882. The van der Waals surface area contributed by atoms with Crippen LogP contribution >= 0.6 is 0 Å². The van der Waals surface area contributed by atoms with Gasteiger partial charge in [0, 0.05) is 23.5 Å². The molecule has 0 amide bonds. The summed E-state index contributed by atoms with van der Waals surface area (Å²) in [6.45, 7) is 0.786. The van der Waals surface area contributed by atoms with E-state index in [2.05, 4.69) is 34.2 Å². The zero-order valence-electron chi connectivity index (χ0n) is 12.9. The molecule has 2 aromatic carbocycles. The molecular weight excluding hydrogens is 284 g/mol. The van der Waals surface area contributed by atoms with Crippen molar-refractivity contribution in [2.75, 3.05) is 7.11 Å². The van der Waals surface area contributed by atoms with Gasteiger partial charge in [-0.2, -0.15) is 0 Å². The molecule has 1 aliphatic rings. The monoisotopic (exact) mass is 300 g/mol. The van der Waals surface area contributed by atoms with Gasteiger partial charge >= 0.3 is 0 Å². The van der Waals surface area contributed by atoms with Gasteiger partial charge in [-0.3, -0.25) is 9.98 Å². The van der Waals surface area contributed by atoms with E-state index in [0.29, 0.717) is 0 Å². The number of ether oxygens (including phenoxy) is 1. The molecule has 0 saturated heterocycles. The quantitative estimate of drug-likeness (QED) is 0.720. The van der Waals surface area contributed by atoms with Crippen molar-refractivity contribution < 1.29 is 4.74 Å². The van der Waals surface area contributed by atoms with Crippen LogP contribution in [0.25, 0.3) is 22.4 Å². The second-order valence-corrected chi connectivity index (χ2v) is 5.51. The molecule has 1 aliphatic heterocycles. The minimum absolute atomic E-state index is 0.786. The zero-order chi connectivity index (χ0) is 15.6. The van der Waals surface area contributed by atoms with Crippen molar-refractivity contribution in [2.24, 2.45) is 4.99 Å². The third-order valence-electron chi connectivity index (χ3n) is 4.12. The minimum atomic E-state index is 0.786. The number of benzene rings is 2. The Balaban J connectivity index is 1.82. The summed E-state index contributed by atoms with van der Waals surface area (Å²) in [5.74, 6) is 0.847. The fourth-order valence-electron chi connectivity index (χ4n) is 2.89. The molecule has 0 radical (unpaired) electrons. The third kappa shape index (κ3) is 2.50. The summed E-state index contributed by atoms with van der Waals surface area (Å²) in [5, 5.41) is 0. The lowest BCUT2D eigenvalue weighted by Gasteiger charge is -2.10. The lowest BCUT2D eigenvalue weighted by molar-refractivity contribution is 0.415. The second kappa shape index (κ2) is 5.69. The molecule has 0 spiro atoms. The lowest BCUT2D eigenvalue weighted by Crippen LogP contribution is -1.91. The summed E-state index contributed by atoms with van der Waals surface area (Å²) in [6.07, 6.45) is 3.78. The van der Waals surface area contributed by atoms with Crippen LogP contribution in [0.5, 0.6) is 5.75 Å². The summed E-state index contributed by atoms with van der Waals surface area (Å²) in [5.41, 5.74) is 6.83. The maximum atomic E-state index is 5.24. The molecule has 4 rings (SSSR count). The van der Waals surface area contributed by atoms with E-state index >= 15 is 0 Å². The summed E-state index contributed by atoms with van der Waals surface area (Å²) in [7, 11) is 1.67. The van der Waals surface area contributed by atoms with E-state index in [0.717, 1.165) is 34.7 Å². The zero-order valence-corrected chi connectivity index (χ0v) is 12.9. The summed E-state index contributed by atoms with van der Waals surface area (Å²) in [6, 6.07) is 18.6. The second-order valence-electron chi connectivity index (χ2n) is 5.51. The van der Waals surface area contributed by atoms with E-state index < -0.39 is 0 Å². The molecule has 0 bridgehead atoms. The molecule has 3 aromatic rings. The van der Waals surface area contributed by atoms with Crippen molar-refractivity contribution >= 4 is 6.21 Å². The highest BCUT2D eigenvalue weighted by Crippen LogP contribution is 2.32. The predicted molar refractivity (Wildman–Crippen MR) is 93.0 cm³/mol. The van der Waals surface area contributed by atoms with Crippen molar-refractivity contribution in [3.63, 3.8) is 0 Å². The van der Waals surface area contributed by atoms with Crippen LogP contribution in [0.15, 0.2) is 65.8 Å². The largest absolute Gasteiger partial charge is 0.497 e. The molecule has 0 unspecified atom stereocenters. The van der Waals surface area contributed by atoms with Crippen LogP contribution in [0.3, 0.4) is 0 Å². The van der Waals surface area contributed by atoms with Crippen molar-refractivity contribution in [2.45, 2.75) is 6.54 Å². The number of pyridine rings is 1. The average molecular weight is 300 g/mol. The van der Waals surface area contributed by atoms with Crippen molar-refractivity contribution in [3.05, 3.63) is 71.9 Å². The maximum Gasteiger partial charge on any atom is 0.118 e. The molecular formula is C20H16N2O. The number of fused-ring (bicyclic) bond motifs is 1. The van der Waals surface area contributed by atoms with E-state index in [1.54, 1.807) is 7.11 Å². The summed E-state index contributed by atoms with van der Waals surface area (Å²) < 4.78 is 5.24. The predicted octanol–water partition coefficient (Wildman–Crippen LogP) is 4.36. The summed E-state index contributed by atoms with van der Waals surface area (Å²) >= 11 is 0. The molecule has 23 heavy (non-hydrogen) atoms. The Morgan fingerprint density at radius 1 is 0.957 bits per heavy atom. The van der Waals surface area contributed by atoms with Gasteiger partial charge in [-0.15, -0.1) is 0 Å². The Morgan fingerprint density at radius 2 is 1.78 bits per heavy atom. The minimum Gasteiger partial charge on any atom is -0.497 e. The van der Waals surface area contributed by atoms with Crippen LogP contribution in [-0.4, -0.2) is 18.3 Å². The van der Waals surface area contributed by atoms with Gasteiger partial charge in [-0.1, -0.05) is 18.2 Å². The van der Waals surface area contributed by atoms with Gasteiger partial charge in [0.15, 0.2) is 0 Å². The van der Waals surface area contributed by atoms with Crippen molar-refractivity contribution in [1.82, 2.24) is 4.98 Å². The molecule has 0 N–H and O–H groups in total. The summed E-state index contributed by atoms with van der Waals surface area (Å²) in [4.78, 5) is 8.93. The van der Waals surface area contributed by atoms with Crippen LogP contribution in [0.4, 0.5) is 0 Å². The van der Waals surface area contributed by atoms with Crippen LogP contribution in [0, 0.1) is 0 Å². The van der Waals surface area contributed by atoms with Gasteiger partial charge in [0.1, 0.15) is 5.75 Å². The van der Waals surface area contributed by atoms with E-state index in [1.165, 1.54) is 11.1 Å². The lowest BCUT2D eigenvalue weighted by atomic mass is 9.96. The Kier molecular flexibility index (Phi) is 3.39. The molecule has 3 nitrogen and oxygen atoms in total. The number of aliphatic imine (C=N–C) groups is 1. The van der Waals surface area contributed by atoms with E-state index in [-0.39, 0.29) is 0 Å². The average Bonchev–Trinajstić information content (AvgIpc) is 3.09. The number of hydrogen-bond acceptors (Lipinski definition) is 3. The fraction of sp³-hybridized carbons (Fsp3) is 0.100. The van der Waals surface area contributed by atoms with Gasteiger partial charge < -0.3 is 4.74 Å². The fourth-order valence-corrected chi connectivity index (χ4v) is 2.89. The van der Waals surface area contributed by atoms with Gasteiger partial charge in [0.2, 0.25) is 0 Å². The van der Waals surface area contributed by atoms with Gasteiger partial charge in [-0.25, -0.2) is 0 Å². The SMILES string of the molecule is COc1ccc(-c2ncccc2-c2ccc3c(c2)C=NC3)cc1. The number of aromatic nitrogens is 1. The normalized spacial score (nSPS) is 12.2. The number of methoxy groups -OCH3 is 1. The standard InChI is InChI=1S/C20H16N2O/c1-23-18-8-6-14(7-9-18)20-19(3-2-10-22-20)15-4-5-16-12-21-13-17(16)11-15/h2-11,13H,12H2,1H3. The van der Waals surface area contributed by atoms with Crippen LogP contribution in [0.1, 0.15) is 11.1 Å². The Morgan fingerprint density at radius 3 is 2.61 bits per heavy atom. The molecule has 0 fully saturated rings. The van der Waals surface area contributed by atoms with Gasteiger partial charge in [0.25, 0.3) is 0 Å². The van der Waals surface area contributed by atoms with E-state index in [9.17, 15) is 0 Å². The van der Waals surface area contributed by atoms with Crippen LogP contribution in [-0.2, 0) is 6.54 Å². The first-order valence-corrected chi connectivity index (χ1v) is 7.58. The first-order valence-electron chi connectivity index (χ1n) is 7.58. The maximum absolute atomic E-state index is 5.24. The Hall–Kier alpha value is -2.94. The smallest absolute Gasteiger partial charge is 0.118 e. The molecule has 0 aliphatic carbocycles. The van der Waals surface area contributed by atoms with Crippen LogP contribution in [0.2, 0.25) is 0 Å². The van der Waals surface area contributed by atoms with E-state index in [4.69, 9.17) is 4.74 Å². The molecule has 3 heteroatoms. The number of hydrogen-bond donors (Lipinski definition) is 0. The number of nitrogens with zero attached hydrogens (tertiary/aromatic N) is 2. The number of rotatable bonds is 3. The molecule has 1 aromatic heterocycles. The van der Waals surface area contributed by atoms with Crippen LogP contribution < -0.4 is 4.74 Å². The highest BCUT2D eigenvalue weighted by atomic mass is 16.5.